The molecule has 4 heteroatoms. The summed E-state index contributed by atoms with van der Waals surface area (Å²) in [5.41, 5.74) is 0. The summed E-state index contributed by atoms with van der Waals surface area (Å²) in [6.07, 6.45) is 0. The minimum Gasteiger partial charge on any atom is -0.380 e. The number of hydrogen-bond donors (Lipinski definition) is 0. The van der Waals surface area contributed by atoms with E-state index in [-0.39, 0.29) is 6.04 Å². The van der Waals surface area contributed by atoms with Crippen LogP contribution in [-0.2, 0) is 4.74 Å². The van der Waals surface area contributed by atoms with Crippen molar-refractivity contribution in [1.29, 1.82) is 5.26 Å². The van der Waals surface area contributed by atoms with Crippen molar-refractivity contribution in [1.82, 2.24) is 9.80 Å². The zero-order chi connectivity index (χ0) is 12.7. The quantitative estimate of drug-likeness (QED) is 0.653. The molecule has 0 amide bonds. The molecule has 1 fully saturated rings. The van der Waals surface area contributed by atoms with Crippen molar-refractivity contribution in [2.45, 2.75) is 26.8 Å². The Morgan fingerprint density at radius 3 is 2.35 bits per heavy atom. The molecule has 1 rings (SSSR count). The summed E-state index contributed by atoms with van der Waals surface area (Å²) in [6.45, 7) is 13.1. The molecule has 1 atom stereocenters. The average molecular weight is 239 g/mol. The van der Waals surface area contributed by atoms with Gasteiger partial charge in [0.25, 0.3) is 0 Å². The first-order valence-corrected chi connectivity index (χ1v) is 6.57. The highest BCUT2D eigenvalue weighted by Crippen LogP contribution is 2.05. The molecule has 4 nitrogen and oxygen atoms in total. The molecular formula is C13H25N3O. The molecule has 1 saturated heterocycles. The minimum absolute atomic E-state index is 0.0503. The van der Waals surface area contributed by atoms with Gasteiger partial charge in [0, 0.05) is 39.3 Å². The van der Waals surface area contributed by atoms with Crippen LogP contribution in [0.15, 0.2) is 0 Å². The third-order valence-electron chi connectivity index (χ3n) is 3.14. The van der Waals surface area contributed by atoms with Crippen molar-refractivity contribution in [3.8, 4) is 6.07 Å². The minimum atomic E-state index is 0.0503. The van der Waals surface area contributed by atoms with Gasteiger partial charge in [-0.15, -0.1) is 0 Å². The van der Waals surface area contributed by atoms with Crippen molar-refractivity contribution in [2.24, 2.45) is 5.92 Å². The second-order valence-corrected chi connectivity index (χ2v) is 5.15. The maximum Gasteiger partial charge on any atom is 0.0950 e. The molecule has 1 aliphatic heterocycles. The number of rotatable bonds is 6. The predicted molar refractivity (Wildman–Crippen MR) is 68.7 cm³/mol. The topological polar surface area (TPSA) is 39.5 Å². The van der Waals surface area contributed by atoms with E-state index in [1.54, 1.807) is 0 Å². The Hall–Kier alpha value is -0.630. The molecule has 98 valence electrons. The maximum atomic E-state index is 8.85. The summed E-state index contributed by atoms with van der Waals surface area (Å²) in [5.74, 6) is 0.614. The maximum absolute atomic E-state index is 8.85. The average Bonchev–Trinajstić information content (AvgIpc) is 2.34. The van der Waals surface area contributed by atoms with Gasteiger partial charge in [-0.05, 0) is 12.8 Å². The summed E-state index contributed by atoms with van der Waals surface area (Å²) in [5, 5.41) is 8.85. The van der Waals surface area contributed by atoms with Crippen LogP contribution in [0.4, 0.5) is 0 Å². The Balaban J connectivity index is 2.09. The van der Waals surface area contributed by atoms with Gasteiger partial charge in [0.05, 0.1) is 18.7 Å². The lowest BCUT2D eigenvalue weighted by atomic mass is 10.2. The fourth-order valence-corrected chi connectivity index (χ4v) is 1.97. The van der Waals surface area contributed by atoms with E-state index in [1.807, 2.05) is 6.92 Å². The highest BCUT2D eigenvalue weighted by molar-refractivity contribution is 4.90. The molecule has 0 bridgehead atoms. The normalized spacial score (nSPS) is 20.4. The van der Waals surface area contributed by atoms with Gasteiger partial charge in [0.1, 0.15) is 0 Å². The fraction of sp³-hybridized carbons (Fsp3) is 0.923. The largest absolute Gasteiger partial charge is 0.380 e. The Morgan fingerprint density at radius 1 is 1.18 bits per heavy atom. The predicted octanol–water partition coefficient (Wildman–Crippen LogP) is 1.19. The van der Waals surface area contributed by atoms with Crippen LogP contribution in [0, 0.1) is 17.2 Å². The molecule has 0 N–H and O–H groups in total. The molecule has 0 spiro atoms. The molecule has 0 saturated carbocycles. The summed E-state index contributed by atoms with van der Waals surface area (Å²) in [6, 6.07) is 2.35. The molecule has 1 aliphatic rings. The van der Waals surface area contributed by atoms with Crippen LogP contribution in [0.2, 0.25) is 0 Å². The second kappa shape index (κ2) is 7.65. The van der Waals surface area contributed by atoms with E-state index in [9.17, 15) is 0 Å². The first-order chi connectivity index (χ1) is 8.13. The van der Waals surface area contributed by atoms with E-state index in [1.165, 1.54) is 0 Å². The first kappa shape index (κ1) is 14.4. The molecule has 0 aromatic carbocycles. The smallest absolute Gasteiger partial charge is 0.0950 e. The number of nitriles is 1. The van der Waals surface area contributed by atoms with Crippen molar-refractivity contribution >= 4 is 0 Å². The summed E-state index contributed by atoms with van der Waals surface area (Å²) in [4.78, 5) is 4.66. The lowest BCUT2D eigenvalue weighted by Gasteiger charge is -2.35. The fourth-order valence-electron chi connectivity index (χ4n) is 1.97. The van der Waals surface area contributed by atoms with Crippen LogP contribution in [0.25, 0.3) is 0 Å². The third-order valence-corrected chi connectivity index (χ3v) is 3.14. The van der Waals surface area contributed by atoms with Crippen molar-refractivity contribution in [2.75, 3.05) is 45.9 Å². The molecule has 17 heavy (non-hydrogen) atoms. The Bertz CT molecular complexity index is 242. The van der Waals surface area contributed by atoms with E-state index < -0.39 is 0 Å². The van der Waals surface area contributed by atoms with Crippen LogP contribution >= 0.6 is 0 Å². The summed E-state index contributed by atoms with van der Waals surface area (Å²) in [7, 11) is 0. The zero-order valence-electron chi connectivity index (χ0n) is 11.4. The van der Waals surface area contributed by atoms with Gasteiger partial charge in [-0.1, -0.05) is 13.8 Å². The van der Waals surface area contributed by atoms with Crippen molar-refractivity contribution in [3.05, 3.63) is 0 Å². The molecule has 1 unspecified atom stereocenters. The Kier molecular flexibility index (Phi) is 6.49. The molecular weight excluding hydrogens is 214 g/mol. The van der Waals surface area contributed by atoms with Crippen molar-refractivity contribution < 1.29 is 4.74 Å². The molecule has 0 aromatic heterocycles. The highest BCUT2D eigenvalue weighted by atomic mass is 16.5. The SMILES string of the molecule is CC(C)COCCN1CCN(C(C)C#N)CC1. The molecule has 0 aliphatic carbocycles. The summed E-state index contributed by atoms with van der Waals surface area (Å²) >= 11 is 0. The van der Waals surface area contributed by atoms with Crippen LogP contribution in [0.3, 0.4) is 0 Å². The lowest BCUT2D eigenvalue weighted by molar-refractivity contribution is 0.0609. The van der Waals surface area contributed by atoms with Crippen LogP contribution in [-0.4, -0.2) is 61.8 Å². The van der Waals surface area contributed by atoms with E-state index in [2.05, 4.69) is 29.7 Å². The first-order valence-electron chi connectivity index (χ1n) is 6.57. The zero-order valence-corrected chi connectivity index (χ0v) is 11.4. The molecule has 0 aromatic rings. The van der Waals surface area contributed by atoms with Gasteiger partial charge < -0.3 is 4.74 Å². The monoisotopic (exact) mass is 239 g/mol. The Labute approximate surface area is 105 Å². The van der Waals surface area contributed by atoms with E-state index in [4.69, 9.17) is 10.00 Å². The number of piperazine rings is 1. The van der Waals surface area contributed by atoms with Gasteiger partial charge >= 0.3 is 0 Å². The second-order valence-electron chi connectivity index (χ2n) is 5.15. The highest BCUT2D eigenvalue weighted by Gasteiger charge is 2.20. The Morgan fingerprint density at radius 2 is 1.82 bits per heavy atom. The van der Waals surface area contributed by atoms with Crippen LogP contribution in [0.1, 0.15) is 20.8 Å². The molecule has 1 heterocycles. The number of nitrogens with zero attached hydrogens (tertiary/aromatic N) is 3. The van der Waals surface area contributed by atoms with Crippen LogP contribution in [0.5, 0.6) is 0 Å². The van der Waals surface area contributed by atoms with Crippen LogP contribution < -0.4 is 0 Å². The molecule has 0 radical (unpaired) electrons. The number of ether oxygens (including phenoxy) is 1. The number of hydrogen-bond acceptors (Lipinski definition) is 4. The lowest BCUT2D eigenvalue weighted by Crippen LogP contribution is -2.49. The van der Waals surface area contributed by atoms with Gasteiger partial charge in [-0.25, -0.2) is 0 Å². The van der Waals surface area contributed by atoms with E-state index in [0.717, 1.165) is 45.9 Å². The van der Waals surface area contributed by atoms with Gasteiger partial charge in [-0.2, -0.15) is 5.26 Å². The van der Waals surface area contributed by atoms with E-state index in [0.29, 0.717) is 5.92 Å². The van der Waals surface area contributed by atoms with Gasteiger partial charge in [-0.3, -0.25) is 9.80 Å². The van der Waals surface area contributed by atoms with E-state index >= 15 is 0 Å². The van der Waals surface area contributed by atoms with Crippen molar-refractivity contribution in [3.63, 3.8) is 0 Å². The summed E-state index contributed by atoms with van der Waals surface area (Å²) < 4.78 is 5.59. The standard InChI is InChI=1S/C13H25N3O/c1-12(2)11-17-9-8-15-4-6-16(7-5-15)13(3)10-14/h12-13H,4-9,11H2,1-3H3. The van der Waals surface area contributed by atoms with Gasteiger partial charge in [0.2, 0.25) is 0 Å². The third kappa shape index (κ3) is 5.49. The van der Waals surface area contributed by atoms with Gasteiger partial charge in [0.15, 0.2) is 0 Å².